The normalized spacial score (nSPS) is 29.9. The van der Waals surface area contributed by atoms with Gasteiger partial charge in [-0.05, 0) is 44.6 Å². The van der Waals surface area contributed by atoms with Gasteiger partial charge in [0.05, 0.1) is 6.10 Å². The highest BCUT2D eigenvalue weighted by Gasteiger charge is 2.25. The topological polar surface area (TPSA) is 46.0 Å². The van der Waals surface area contributed by atoms with E-state index in [0.29, 0.717) is 11.8 Å². The van der Waals surface area contributed by atoms with E-state index in [-0.39, 0.29) is 6.10 Å². The molecule has 0 aliphatic heterocycles. The molecule has 92 valence electrons. The number of hydrogen-bond donors (Lipinski definition) is 1. The second kappa shape index (κ2) is 4.73. The van der Waals surface area contributed by atoms with Crippen molar-refractivity contribution in [2.45, 2.75) is 62.9 Å². The van der Waals surface area contributed by atoms with Gasteiger partial charge in [0.1, 0.15) is 5.82 Å². The average Bonchev–Trinajstić information content (AvgIpc) is 2.28. The van der Waals surface area contributed by atoms with Crippen LogP contribution in [0.15, 0.2) is 12.3 Å². The smallest absolute Gasteiger partial charge is 0.131 e. The molecule has 3 rings (SSSR count). The van der Waals surface area contributed by atoms with Crippen molar-refractivity contribution in [3.05, 3.63) is 23.8 Å². The van der Waals surface area contributed by atoms with Crippen LogP contribution >= 0.6 is 0 Å². The first-order valence-electron chi connectivity index (χ1n) is 6.84. The first kappa shape index (κ1) is 11.1. The molecule has 17 heavy (non-hydrogen) atoms. The Morgan fingerprint density at radius 1 is 1.00 bits per heavy atom. The molecule has 0 saturated heterocycles. The van der Waals surface area contributed by atoms with Crippen molar-refractivity contribution in [3.63, 3.8) is 0 Å². The van der Waals surface area contributed by atoms with Crippen molar-refractivity contribution in [1.29, 1.82) is 0 Å². The van der Waals surface area contributed by atoms with Crippen molar-refractivity contribution >= 4 is 0 Å². The van der Waals surface area contributed by atoms with Crippen molar-refractivity contribution in [2.24, 2.45) is 0 Å². The van der Waals surface area contributed by atoms with Gasteiger partial charge < -0.3 is 5.11 Å². The van der Waals surface area contributed by atoms with Crippen LogP contribution in [0.2, 0.25) is 0 Å². The minimum Gasteiger partial charge on any atom is -0.393 e. The van der Waals surface area contributed by atoms with Gasteiger partial charge in [-0.25, -0.2) is 9.97 Å². The summed E-state index contributed by atoms with van der Waals surface area (Å²) in [7, 11) is 0. The van der Waals surface area contributed by atoms with E-state index in [1.807, 2.05) is 6.20 Å². The number of aliphatic hydroxyl groups is 1. The second-order valence-corrected chi connectivity index (χ2v) is 5.47. The van der Waals surface area contributed by atoms with Crippen molar-refractivity contribution in [3.8, 4) is 0 Å². The minimum atomic E-state index is -0.0962. The van der Waals surface area contributed by atoms with Crippen LogP contribution in [0.1, 0.15) is 68.3 Å². The maximum Gasteiger partial charge on any atom is 0.131 e. The van der Waals surface area contributed by atoms with Crippen LogP contribution in [0, 0.1) is 0 Å². The van der Waals surface area contributed by atoms with E-state index >= 15 is 0 Å². The van der Waals surface area contributed by atoms with Gasteiger partial charge >= 0.3 is 0 Å². The molecule has 1 N–H and O–H groups in total. The summed E-state index contributed by atoms with van der Waals surface area (Å²) in [6.07, 6.45) is 9.63. The minimum absolute atomic E-state index is 0.0962. The van der Waals surface area contributed by atoms with Gasteiger partial charge in [0.2, 0.25) is 0 Å². The lowest BCUT2D eigenvalue weighted by molar-refractivity contribution is 0.121. The van der Waals surface area contributed by atoms with Gasteiger partial charge in [-0.3, -0.25) is 0 Å². The lowest BCUT2D eigenvalue weighted by atomic mass is 9.82. The molecule has 3 nitrogen and oxygen atoms in total. The lowest BCUT2D eigenvalue weighted by Crippen LogP contribution is -2.19. The maximum atomic E-state index is 9.52. The fraction of sp³-hybridized carbons (Fsp3) is 0.714. The summed E-state index contributed by atoms with van der Waals surface area (Å²) in [5.41, 5.74) is 1.24. The third-order valence-electron chi connectivity index (χ3n) is 4.28. The fourth-order valence-corrected chi connectivity index (χ4v) is 2.85. The summed E-state index contributed by atoms with van der Waals surface area (Å²) in [5, 5.41) is 9.52. The zero-order chi connectivity index (χ0) is 11.7. The SMILES string of the molecule is OC1CCC(c2nccc(C3CCC3)n2)CC1. The summed E-state index contributed by atoms with van der Waals surface area (Å²) < 4.78 is 0. The molecule has 1 heterocycles. The van der Waals surface area contributed by atoms with Gasteiger partial charge in [-0.1, -0.05) is 6.42 Å². The van der Waals surface area contributed by atoms with Crippen LogP contribution in [0.25, 0.3) is 0 Å². The molecule has 2 saturated carbocycles. The number of hydrogen-bond acceptors (Lipinski definition) is 3. The number of rotatable bonds is 2. The summed E-state index contributed by atoms with van der Waals surface area (Å²) in [5.74, 6) is 2.17. The Kier molecular flexibility index (Phi) is 3.10. The van der Waals surface area contributed by atoms with Crippen LogP contribution in [0.4, 0.5) is 0 Å². The molecule has 1 aromatic rings. The van der Waals surface area contributed by atoms with Gasteiger partial charge in [-0.15, -0.1) is 0 Å². The van der Waals surface area contributed by atoms with E-state index < -0.39 is 0 Å². The summed E-state index contributed by atoms with van der Waals surface area (Å²) >= 11 is 0. The van der Waals surface area contributed by atoms with Crippen molar-refractivity contribution < 1.29 is 5.11 Å². The molecule has 3 heteroatoms. The zero-order valence-electron chi connectivity index (χ0n) is 10.2. The number of aliphatic hydroxyl groups excluding tert-OH is 1. The predicted octanol–water partition coefficient (Wildman–Crippen LogP) is 2.76. The fourth-order valence-electron chi connectivity index (χ4n) is 2.85. The first-order chi connectivity index (χ1) is 8.33. The van der Waals surface area contributed by atoms with E-state index in [9.17, 15) is 5.11 Å². The number of aromatic nitrogens is 2. The number of nitrogens with zero attached hydrogens (tertiary/aromatic N) is 2. The van der Waals surface area contributed by atoms with Gasteiger partial charge in [0, 0.05) is 23.7 Å². The van der Waals surface area contributed by atoms with Crippen molar-refractivity contribution in [1.82, 2.24) is 9.97 Å². The zero-order valence-corrected chi connectivity index (χ0v) is 10.2. The van der Waals surface area contributed by atoms with E-state index in [1.54, 1.807) is 0 Å². The Labute approximate surface area is 102 Å². The molecule has 2 fully saturated rings. The van der Waals surface area contributed by atoms with E-state index in [2.05, 4.69) is 11.1 Å². The van der Waals surface area contributed by atoms with Gasteiger partial charge in [-0.2, -0.15) is 0 Å². The van der Waals surface area contributed by atoms with E-state index in [1.165, 1.54) is 25.0 Å². The molecule has 2 aliphatic rings. The summed E-state index contributed by atoms with van der Waals surface area (Å²) in [4.78, 5) is 9.19. The van der Waals surface area contributed by atoms with Crippen LogP contribution < -0.4 is 0 Å². The largest absolute Gasteiger partial charge is 0.393 e. The molecule has 0 unspecified atom stereocenters. The second-order valence-electron chi connectivity index (χ2n) is 5.47. The molecule has 0 atom stereocenters. The van der Waals surface area contributed by atoms with Crippen LogP contribution in [0.5, 0.6) is 0 Å². The summed E-state index contributed by atoms with van der Waals surface area (Å²) in [6, 6.07) is 2.07. The Balaban J connectivity index is 1.73. The molecule has 2 aliphatic carbocycles. The lowest BCUT2D eigenvalue weighted by Gasteiger charge is -2.27. The highest BCUT2D eigenvalue weighted by molar-refractivity contribution is 5.13. The molecule has 1 aromatic heterocycles. The molecule has 0 aromatic carbocycles. The quantitative estimate of drug-likeness (QED) is 0.852. The molecule has 0 radical (unpaired) electrons. The molecule has 0 spiro atoms. The molecular weight excluding hydrogens is 212 g/mol. The van der Waals surface area contributed by atoms with Crippen LogP contribution in [-0.2, 0) is 0 Å². The highest BCUT2D eigenvalue weighted by Crippen LogP contribution is 2.36. The highest BCUT2D eigenvalue weighted by atomic mass is 16.3. The Morgan fingerprint density at radius 2 is 1.76 bits per heavy atom. The van der Waals surface area contributed by atoms with E-state index in [4.69, 9.17) is 4.98 Å². The third-order valence-corrected chi connectivity index (χ3v) is 4.28. The first-order valence-corrected chi connectivity index (χ1v) is 6.84. The van der Waals surface area contributed by atoms with Gasteiger partial charge in [0.15, 0.2) is 0 Å². The Morgan fingerprint density at radius 3 is 2.41 bits per heavy atom. The standard InChI is InChI=1S/C14H20N2O/c17-12-6-4-11(5-7-12)14-15-9-8-13(16-14)10-2-1-3-10/h8-12,17H,1-7H2. The monoisotopic (exact) mass is 232 g/mol. The summed E-state index contributed by atoms with van der Waals surface area (Å²) in [6.45, 7) is 0. The van der Waals surface area contributed by atoms with E-state index in [0.717, 1.165) is 31.5 Å². The molecule has 0 amide bonds. The predicted molar refractivity (Wildman–Crippen MR) is 65.8 cm³/mol. The Hall–Kier alpha value is -0.960. The Bertz CT molecular complexity index is 382. The van der Waals surface area contributed by atoms with Gasteiger partial charge in [0.25, 0.3) is 0 Å². The van der Waals surface area contributed by atoms with Crippen LogP contribution in [0.3, 0.4) is 0 Å². The van der Waals surface area contributed by atoms with Crippen LogP contribution in [-0.4, -0.2) is 21.2 Å². The third kappa shape index (κ3) is 2.34. The maximum absolute atomic E-state index is 9.52. The molecule has 0 bridgehead atoms. The average molecular weight is 232 g/mol. The molecular formula is C14H20N2O. The van der Waals surface area contributed by atoms with Crippen molar-refractivity contribution in [2.75, 3.05) is 0 Å².